The minimum atomic E-state index is -0.108. The number of ether oxygens (including phenoxy) is 1. The minimum Gasteiger partial charge on any atom is -0.383 e. The first kappa shape index (κ1) is 12.7. The van der Waals surface area contributed by atoms with E-state index in [1.807, 2.05) is 0 Å². The van der Waals surface area contributed by atoms with Crippen molar-refractivity contribution in [2.24, 2.45) is 12.8 Å². The van der Waals surface area contributed by atoms with Gasteiger partial charge in [-0.25, -0.2) is 0 Å². The number of hydrogen-bond acceptors (Lipinski definition) is 4. The number of amides is 1. The first-order valence-electron chi connectivity index (χ1n) is 5.17. The van der Waals surface area contributed by atoms with Gasteiger partial charge < -0.3 is 15.4 Å². The van der Waals surface area contributed by atoms with Gasteiger partial charge in [-0.3, -0.25) is 9.48 Å². The van der Waals surface area contributed by atoms with Crippen molar-refractivity contribution in [3.05, 3.63) is 18.0 Å². The second-order valence-electron chi connectivity index (χ2n) is 3.45. The van der Waals surface area contributed by atoms with Crippen LogP contribution in [0, 0.1) is 0 Å². The number of rotatable bonds is 6. The Balaban J connectivity index is 2.66. The van der Waals surface area contributed by atoms with Crippen LogP contribution in [0.3, 0.4) is 0 Å². The van der Waals surface area contributed by atoms with Gasteiger partial charge in [-0.1, -0.05) is 0 Å². The number of nitrogens with two attached hydrogens (primary N) is 1. The van der Waals surface area contributed by atoms with Crippen LogP contribution in [-0.2, 0) is 11.8 Å². The number of carbonyl (C=O) groups is 1. The Morgan fingerprint density at radius 3 is 2.88 bits per heavy atom. The van der Waals surface area contributed by atoms with Crippen molar-refractivity contribution in [1.82, 2.24) is 14.7 Å². The molecular weight excluding hydrogens is 208 g/mol. The van der Waals surface area contributed by atoms with E-state index in [9.17, 15) is 4.79 Å². The van der Waals surface area contributed by atoms with E-state index in [0.29, 0.717) is 31.9 Å². The molecule has 0 atom stereocenters. The van der Waals surface area contributed by atoms with Crippen molar-refractivity contribution in [3.63, 3.8) is 0 Å². The molecular formula is C10H18N4O2. The highest BCUT2D eigenvalue weighted by atomic mass is 16.5. The first-order valence-corrected chi connectivity index (χ1v) is 5.17. The number of hydrogen-bond donors (Lipinski definition) is 1. The van der Waals surface area contributed by atoms with E-state index in [2.05, 4.69) is 5.10 Å². The van der Waals surface area contributed by atoms with Crippen LogP contribution in [0.25, 0.3) is 0 Å². The lowest BCUT2D eigenvalue weighted by Crippen LogP contribution is -2.37. The molecule has 0 aromatic carbocycles. The Labute approximate surface area is 95.0 Å². The van der Waals surface area contributed by atoms with Crippen molar-refractivity contribution in [2.75, 3.05) is 33.4 Å². The summed E-state index contributed by atoms with van der Waals surface area (Å²) < 4.78 is 6.55. The fourth-order valence-corrected chi connectivity index (χ4v) is 1.36. The van der Waals surface area contributed by atoms with E-state index >= 15 is 0 Å². The summed E-state index contributed by atoms with van der Waals surface area (Å²) in [5.74, 6) is -0.108. The lowest BCUT2D eigenvalue weighted by atomic mass is 10.3. The highest BCUT2D eigenvalue weighted by Gasteiger charge is 2.16. The Kier molecular flexibility index (Phi) is 4.94. The Hall–Kier alpha value is -1.40. The summed E-state index contributed by atoms with van der Waals surface area (Å²) in [6, 6.07) is 1.69. The highest BCUT2D eigenvalue weighted by Crippen LogP contribution is 2.01. The minimum absolute atomic E-state index is 0.108. The molecule has 0 aliphatic carbocycles. The Bertz CT molecular complexity index is 337. The molecule has 0 aliphatic rings. The van der Waals surface area contributed by atoms with E-state index in [1.54, 1.807) is 36.0 Å². The predicted octanol–water partition coefficient (Wildman–Crippen LogP) is -0.533. The van der Waals surface area contributed by atoms with Crippen LogP contribution in [0.1, 0.15) is 10.5 Å². The van der Waals surface area contributed by atoms with Gasteiger partial charge in [-0.15, -0.1) is 0 Å². The molecule has 0 radical (unpaired) electrons. The van der Waals surface area contributed by atoms with Crippen molar-refractivity contribution in [2.45, 2.75) is 0 Å². The van der Waals surface area contributed by atoms with Gasteiger partial charge in [0.2, 0.25) is 0 Å². The van der Waals surface area contributed by atoms with Gasteiger partial charge >= 0.3 is 0 Å². The van der Waals surface area contributed by atoms with Crippen LogP contribution in [0.2, 0.25) is 0 Å². The monoisotopic (exact) mass is 226 g/mol. The third kappa shape index (κ3) is 3.32. The molecule has 6 nitrogen and oxygen atoms in total. The van der Waals surface area contributed by atoms with E-state index < -0.39 is 0 Å². The average molecular weight is 226 g/mol. The standard InChI is InChI=1S/C10H18N4O2/c1-13-5-3-9(12-13)10(15)14(6-4-11)7-8-16-2/h3,5H,4,6-8,11H2,1-2H3. The lowest BCUT2D eigenvalue weighted by molar-refractivity contribution is 0.0695. The molecule has 2 N–H and O–H groups in total. The summed E-state index contributed by atoms with van der Waals surface area (Å²) in [7, 11) is 3.38. The molecule has 0 spiro atoms. The molecule has 6 heteroatoms. The van der Waals surface area contributed by atoms with Crippen LogP contribution >= 0.6 is 0 Å². The number of nitrogens with zero attached hydrogens (tertiary/aromatic N) is 3. The summed E-state index contributed by atoms with van der Waals surface area (Å²) in [4.78, 5) is 13.6. The van der Waals surface area contributed by atoms with Gasteiger partial charge in [0.25, 0.3) is 5.91 Å². The molecule has 0 aliphatic heterocycles. The molecule has 1 rings (SSSR count). The molecule has 1 heterocycles. The van der Waals surface area contributed by atoms with Gasteiger partial charge in [0.05, 0.1) is 6.61 Å². The topological polar surface area (TPSA) is 73.4 Å². The smallest absolute Gasteiger partial charge is 0.274 e. The Morgan fingerprint density at radius 1 is 1.62 bits per heavy atom. The van der Waals surface area contributed by atoms with Crippen LogP contribution in [0.5, 0.6) is 0 Å². The maximum atomic E-state index is 12.0. The van der Waals surface area contributed by atoms with Crippen LogP contribution in [0.4, 0.5) is 0 Å². The van der Waals surface area contributed by atoms with E-state index in [4.69, 9.17) is 10.5 Å². The highest BCUT2D eigenvalue weighted by molar-refractivity contribution is 5.92. The third-order valence-electron chi connectivity index (χ3n) is 2.18. The molecule has 16 heavy (non-hydrogen) atoms. The molecule has 0 bridgehead atoms. The van der Waals surface area contributed by atoms with E-state index in [0.717, 1.165) is 0 Å². The van der Waals surface area contributed by atoms with Crippen molar-refractivity contribution in [1.29, 1.82) is 0 Å². The third-order valence-corrected chi connectivity index (χ3v) is 2.18. The van der Waals surface area contributed by atoms with Gasteiger partial charge in [0.1, 0.15) is 5.69 Å². The van der Waals surface area contributed by atoms with Crippen molar-refractivity contribution in [3.8, 4) is 0 Å². The SMILES string of the molecule is COCCN(CCN)C(=O)c1ccn(C)n1. The number of aryl methyl sites for hydroxylation is 1. The quantitative estimate of drug-likeness (QED) is 0.707. The van der Waals surface area contributed by atoms with Crippen molar-refractivity contribution < 1.29 is 9.53 Å². The van der Waals surface area contributed by atoms with Crippen molar-refractivity contribution >= 4 is 5.91 Å². The Morgan fingerprint density at radius 2 is 2.38 bits per heavy atom. The molecule has 1 aromatic heterocycles. The van der Waals surface area contributed by atoms with Gasteiger partial charge in [-0.05, 0) is 6.07 Å². The first-order chi connectivity index (χ1) is 7.69. The van der Waals surface area contributed by atoms with Crippen LogP contribution in [-0.4, -0.2) is 53.9 Å². The summed E-state index contributed by atoms with van der Waals surface area (Å²) in [5, 5.41) is 4.07. The van der Waals surface area contributed by atoms with Crippen LogP contribution in [0.15, 0.2) is 12.3 Å². The second-order valence-corrected chi connectivity index (χ2v) is 3.45. The zero-order chi connectivity index (χ0) is 12.0. The maximum Gasteiger partial charge on any atom is 0.274 e. The number of methoxy groups -OCH3 is 1. The zero-order valence-electron chi connectivity index (χ0n) is 9.72. The molecule has 0 saturated carbocycles. The molecule has 0 fully saturated rings. The van der Waals surface area contributed by atoms with Crippen LogP contribution < -0.4 is 5.73 Å². The van der Waals surface area contributed by atoms with Gasteiger partial charge in [0, 0.05) is 40.0 Å². The molecule has 0 saturated heterocycles. The number of aromatic nitrogens is 2. The second kappa shape index (κ2) is 6.24. The van der Waals surface area contributed by atoms with E-state index in [-0.39, 0.29) is 5.91 Å². The lowest BCUT2D eigenvalue weighted by Gasteiger charge is -2.20. The zero-order valence-corrected chi connectivity index (χ0v) is 9.72. The largest absolute Gasteiger partial charge is 0.383 e. The predicted molar refractivity (Wildman–Crippen MR) is 60.0 cm³/mol. The summed E-state index contributed by atoms with van der Waals surface area (Å²) in [6.45, 7) is 1.97. The summed E-state index contributed by atoms with van der Waals surface area (Å²) in [5.41, 5.74) is 5.90. The van der Waals surface area contributed by atoms with Gasteiger partial charge in [-0.2, -0.15) is 5.10 Å². The van der Waals surface area contributed by atoms with E-state index in [1.165, 1.54) is 0 Å². The average Bonchev–Trinajstić information content (AvgIpc) is 2.70. The molecule has 1 aromatic rings. The normalized spacial score (nSPS) is 10.4. The molecule has 0 unspecified atom stereocenters. The summed E-state index contributed by atoms with van der Waals surface area (Å²) in [6.07, 6.45) is 1.74. The van der Waals surface area contributed by atoms with Gasteiger partial charge in [0.15, 0.2) is 0 Å². The maximum absolute atomic E-state index is 12.0. The molecule has 90 valence electrons. The fraction of sp³-hybridized carbons (Fsp3) is 0.600. The number of carbonyl (C=O) groups excluding carboxylic acids is 1. The fourth-order valence-electron chi connectivity index (χ4n) is 1.36. The molecule has 1 amide bonds. The summed E-state index contributed by atoms with van der Waals surface area (Å²) >= 11 is 0.